The van der Waals surface area contributed by atoms with E-state index in [9.17, 15) is 9.59 Å². The molecular weight excluding hydrogens is 420 g/mol. The molecule has 146 valence electrons. The van der Waals surface area contributed by atoms with Crippen molar-refractivity contribution in [2.75, 3.05) is 0 Å². The van der Waals surface area contributed by atoms with Crippen LogP contribution in [0.15, 0.2) is 70.4 Å². The number of carbonyl (C=O) groups excluding carboxylic acids is 2. The monoisotopic (exact) mass is 442 g/mol. The Balaban J connectivity index is 1.90. The summed E-state index contributed by atoms with van der Waals surface area (Å²) in [5, 5.41) is 0. The number of esters is 1. The highest BCUT2D eigenvalue weighted by atomic mass is 79.9. The molecular formula is C23H23BrO4. The fraction of sp³-hybridized carbons (Fsp3) is 0.304. The SMILES string of the molecule is CC1=C(O[C@@H](C)C(=O)c2ccc(Br)cc2)C(C)(C)[C@@H](c2ccccc2)OC1=O. The van der Waals surface area contributed by atoms with Crippen LogP contribution in [0, 0.1) is 5.41 Å². The van der Waals surface area contributed by atoms with Crippen molar-refractivity contribution in [1.82, 2.24) is 0 Å². The molecule has 5 heteroatoms. The third-order valence-electron chi connectivity index (χ3n) is 5.01. The number of cyclic esters (lactones) is 1. The van der Waals surface area contributed by atoms with E-state index in [1.807, 2.05) is 56.3 Å². The number of ketones is 1. The van der Waals surface area contributed by atoms with Gasteiger partial charge in [0.2, 0.25) is 5.78 Å². The number of halogens is 1. The zero-order chi connectivity index (χ0) is 20.5. The Kier molecular flexibility index (Phi) is 5.75. The van der Waals surface area contributed by atoms with Crippen molar-refractivity contribution in [3.8, 4) is 0 Å². The van der Waals surface area contributed by atoms with Crippen molar-refractivity contribution in [2.24, 2.45) is 5.41 Å². The molecule has 2 aromatic rings. The standard InChI is InChI=1S/C23H23BrO4/c1-14-20(27-15(2)19(25)16-10-12-18(24)13-11-16)23(3,4)21(28-22(14)26)17-8-6-5-7-9-17/h5-13,15,21H,1-4H3/t15-,21+/m0/s1. The first kappa shape index (κ1) is 20.3. The van der Waals surface area contributed by atoms with Crippen molar-refractivity contribution in [1.29, 1.82) is 0 Å². The number of hydrogen-bond acceptors (Lipinski definition) is 4. The summed E-state index contributed by atoms with van der Waals surface area (Å²) < 4.78 is 12.7. The molecule has 0 saturated carbocycles. The molecule has 0 fully saturated rings. The predicted molar refractivity (Wildman–Crippen MR) is 111 cm³/mol. The van der Waals surface area contributed by atoms with Crippen LogP contribution in [-0.2, 0) is 14.3 Å². The van der Waals surface area contributed by atoms with Crippen molar-refractivity contribution in [2.45, 2.75) is 39.9 Å². The molecule has 2 aromatic carbocycles. The van der Waals surface area contributed by atoms with E-state index in [1.165, 1.54) is 0 Å². The van der Waals surface area contributed by atoms with Gasteiger partial charge in [0.05, 0.1) is 11.0 Å². The second kappa shape index (κ2) is 7.92. The molecule has 0 aromatic heterocycles. The Labute approximate surface area is 173 Å². The van der Waals surface area contributed by atoms with E-state index in [2.05, 4.69) is 15.9 Å². The van der Waals surface area contributed by atoms with Gasteiger partial charge in [0.1, 0.15) is 11.9 Å². The van der Waals surface area contributed by atoms with Crippen LogP contribution in [0.5, 0.6) is 0 Å². The minimum atomic E-state index is -0.729. The summed E-state index contributed by atoms with van der Waals surface area (Å²) in [6.07, 6.45) is -1.22. The number of hydrogen-bond donors (Lipinski definition) is 0. The molecule has 2 atom stereocenters. The van der Waals surface area contributed by atoms with Crippen LogP contribution in [0.1, 0.15) is 49.7 Å². The smallest absolute Gasteiger partial charge is 0.337 e. The van der Waals surface area contributed by atoms with Gasteiger partial charge in [-0.15, -0.1) is 0 Å². The zero-order valence-corrected chi connectivity index (χ0v) is 17.9. The third-order valence-corrected chi connectivity index (χ3v) is 5.54. The Morgan fingerprint density at radius 1 is 1.11 bits per heavy atom. The lowest BCUT2D eigenvalue weighted by Gasteiger charge is -2.40. The lowest BCUT2D eigenvalue weighted by atomic mass is 9.77. The number of ether oxygens (including phenoxy) is 2. The summed E-state index contributed by atoms with van der Waals surface area (Å²) >= 11 is 3.37. The molecule has 4 nitrogen and oxygen atoms in total. The Bertz CT molecular complexity index is 913. The second-order valence-electron chi connectivity index (χ2n) is 7.50. The van der Waals surface area contributed by atoms with Crippen LogP contribution < -0.4 is 0 Å². The van der Waals surface area contributed by atoms with E-state index in [0.717, 1.165) is 10.0 Å². The summed E-state index contributed by atoms with van der Waals surface area (Å²) in [5.41, 5.74) is 1.23. The van der Waals surface area contributed by atoms with Gasteiger partial charge in [0.25, 0.3) is 0 Å². The van der Waals surface area contributed by atoms with E-state index in [0.29, 0.717) is 16.9 Å². The van der Waals surface area contributed by atoms with Gasteiger partial charge < -0.3 is 9.47 Å². The van der Waals surface area contributed by atoms with Gasteiger partial charge in [-0.1, -0.05) is 58.4 Å². The number of benzene rings is 2. The van der Waals surface area contributed by atoms with Gasteiger partial charge in [-0.05, 0) is 45.4 Å². The van der Waals surface area contributed by atoms with Crippen LogP contribution >= 0.6 is 15.9 Å². The van der Waals surface area contributed by atoms with Crippen LogP contribution in [0.3, 0.4) is 0 Å². The molecule has 28 heavy (non-hydrogen) atoms. The molecule has 0 N–H and O–H groups in total. The maximum atomic E-state index is 12.8. The van der Waals surface area contributed by atoms with Crippen molar-refractivity contribution < 1.29 is 19.1 Å². The molecule has 0 amide bonds. The van der Waals surface area contributed by atoms with E-state index >= 15 is 0 Å². The van der Waals surface area contributed by atoms with Gasteiger partial charge >= 0.3 is 5.97 Å². The Morgan fingerprint density at radius 2 is 1.71 bits per heavy atom. The first-order valence-corrected chi connectivity index (χ1v) is 9.95. The minimum absolute atomic E-state index is 0.140. The molecule has 0 aliphatic carbocycles. The summed E-state index contributed by atoms with van der Waals surface area (Å²) in [5.74, 6) is -0.0687. The molecule has 0 unspecified atom stereocenters. The molecule has 0 saturated heterocycles. The maximum Gasteiger partial charge on any atom is 0.337 e. The zero-order valence-electron chi connectivity index (χ0n) is 16.4. The summed E-state index contributed by atoms with van der Waals surface area (Å²) in [7, 11) is 0. The minimum Gasteiger partial charge on any atom is -0.486 e. The van der Waals surface area contributed by atoms with Gasteiger partial charge in [-0.3, -0.25) is 4.79 Å². The number of carbonyl (C=O) groups is 2. The topological polar surface area (TPSA) is 52.6 Å². The maximum absolute atomic E-state index is 12.8. The molecule has 1 aliphatic rings. The van der Waals surface area contributed by atoms with E-state index in [-0.39, 0.29) is 5.78 Å². The van der Waals surface area contributed by atoms with Crippen molar-refractivity contribution >= 4 is 27.7 Å². The average Bonchev–Trinajstić information content (AvgIpc) is 2.68. The first-order chi connectivity index (χ1) is 13.2. The molecule has 1 aliphatic heterocycles. The number of Topliss-reactive ketones (excluding diaryl/α,β-unsaturated/α-hetero) is 1. The predicted octanol–water partition coefficient (Wildman–Crippen LogP) is 5.64. The van der Waals surface area contributed by atoms with E-state index in [1.54, 1.807) is 26.0 Å². The lowest BCUT2D eigenvalue weighted by molar-refractivity contribution is -0.156. The second-order valence-corrected chi connectivity index (χ2v) is 8.42. The summed E-state index contributed by atoms with van der Waals surface area (Å²) in [6.45, 7) is 7.31. The highest BCUT2D eigenvalue weighted by Crippen LogP contribution is 2.48. The Morgan fingerprint density at radius 3 is 2.32 bits per heavy atom. The van der Waals surface area contributed by atoms with Crippen LogP contribution in [0.4, 0.5) is 0 Å². The number of rotatable bonds is 5. The van der Waals surface area contributed by atoms with Crippen molar-refractivity contribution in [3.05, 3.63) is 81.5 Å². The van der Waals surface area contributed by atoms with Crippen LogP contribution in [-0.4, -0.2) is 17.9 Å². The summed E-state index contributed by atoms with van der Waals surface area (Å²) in [4.78, 5) is 25.3. The fourth-order valence-electron chi connectivity index (χ4n) is 3.47. The van der Waals surface area contributed by atoms with Crippen LogP contribution in [0.2, 0.25) is 0 Å². The first-order valence-electron chi connectivity index (χ1n) is 9.15. The Hall–Kier alpha value is -2.40. The molecule has 0 bridgehead atoms. The van der Waals surface area contributed by atoms with E-state index in [4.69, 9.17) is 9.47 Å². The quantitative estimate of drug-likeness (QED) is 0.444. The average molecular weight is 443 g/mol. The largest absolute Gasteiger partial charge is 0.486 e. The lowest BCUT2D eigenvalue weighted by Crippen LogP contribution is -2.38. The molecule has 1 heterocycles. The highest BCUT2D eigenvalue weighted by molar-refractivity contribution is 9.10. The van der Waals surface area contributed by atoms with Gasteiger partial charge in [-0.25, -0.2) is 4.79 Å². The fourth-order valence-corrected chi connectivity index (χ4v) is 3.73. The molecule has 0 spiro atoms. The van der Waals surface area contributed by atoms with Crippen molar-refractivity contribution in [3.63, 3.8) is 0 Å². The highest BCUT2D eigenvalue weighted by Gasteiger charge is 2.45. The normalized spacial score (nSPS) is 19.8. The van der Waals surface area contributed by atoms with Gasteiger partial charge in [0.15, 0.2) is 6.10 Å². The molecule has 0 radical (unpaired) electrons. The third kappa shape index (κ3) is 3.90. The van der Waals surface area contributed by atoms with Gasteiger partial charge in [-0.2, -0.15) is 0 Å². The summed E-state index contributed by atoms with van der Waals surface area (Å²) in [6, 6.07) is 16.7. The molecule has 3 rings (SSSR count). The van der Waals surface area contributed by atoms with Gasteiger partial charge in [0, 0.05) is 10.0 Å². The van der Waals surface area contributed by atoms with E-state index < -0.39 is 23.6 Å². The van der Waals surface area contributed by atoms with Crippen LogP contribution in [0.25, 0.3) is 0 Å².